The molecule has 1 aliphatic carbocycles. The Kier molecular flexibility index (Phi) is 8.53. The SMILES string of the molecule is CN=C(NCCS(=O)(=O)NCC1CCC1)NC1CCN(Cc2ccccc2)C(C)C1. The number of nitrogens with one attached hydrogen (secondary N) is 3. The molecule has 1 saturated carbocycles. The predicted molar refractivity (Wildman–Crippen MR) is 123 cm³/mol. The quantitative estimate of drug-likeness (QED) is 0.408. The van der Waals surface area contributed by atoms with Gasteiger partial charge in [-0.15, -0.1) is 0 Å². The lowest BCUT2D eigenvalue weighted by molar-refractivity contribution is 0.134. The van der Waals surface area contributed by atoms with Crippen molar-refractivity contribution in [2.45, 2.75) is 57.7 Å². The van der Waals surface area contributed by atoms with Crippen molar-refractivity contribution in [1.82, 2.24) is 20.3 Å². The molecule has 2 fully saturated rings. The van der Waals surface area contributed by atoms with Crippen LogP contribution in [0.5, 0.6) is 0 Å². The Labute approximate surface area is 181 Å². The van der Waals surface area contributed by atoms with Crippen LogP contribution in [0.25, 0.3) is 0 Å². The number of likely N-dealkylation sites (tertiary alicyclic amines) is 1. The number of nitrogens with zero attached hydrogens (tertiary/aromatic N) is 2. The molecule has 8 heteroatoms. The smallest absolute Gasteiger partial charge is 0.213 e. The Morgan fingerprint density at radius 1 is 1.20 bits per heavy atom. The van der Waals surface area contributed by atoms with Crippen LogP contribution in [-0.2, 0) is 16.6 Å². The summed E-state index contributed by atoms with van der Waals surface area (Å²) in [5.41, 5.74) is 1.35. The van der Waals surface area contributed by atoms with Crippen LogP contribution in [0, 0.1) is 5.92 Å². The van der Waals surface area contributed by atoms with E-state index in [9.17, 15) is 8.42 Å². The minimum Gasteiger partial charge on any atom is -0.355 e. The number of hydrogen-bond acceptors (Lipinski definition) is 4. The second kappa shape index (κ2) is 11.1. The number of rotatable bonds is 9. The maximum absolute atomic E-state index is 12.1. The topological polar surface area (TPSA) is 85.8 Å². The van der Waals surface area contributed by atoms with Crippen LogP contribution in [0.2, 0.25) is 0 Å². The van der Waals surface area contributed by atoms with E-state index in [-0.39, 0.29) is 5.75 Å². The zero-order valence-corrected chi connectivity index (χ0v) is 19.1. The summed E-state index contributed by atoms with van der Waals surface area (Å²) in [6.07, 6.45) is 5.58. The van der Waals surface area contributed by atoms with E-state index in [1.165, 1.54) is 12.0 Å². The molecule has 1 heterocycles. The average Bonchev–Trinajstić information content (AvgIpc) is 2.68. The molecule has 7 nitrogen and oxygen atoms in total. The second-order valence-corrected chi connectivity index (χ2v) is 10.6. The molecule has 2 unspecified atom stereocenters. The molecule has 0 bridgehead atoms. The van der Waals surface area contributed by atoms with Crippen molar-refractivity contribution in [1.29, 1.82) is 0 Å². The first-order chi connectivity index (χ1) is 14.4. The van der Waals surface area contributed by atoms with Gasteiger partial charge < -0.3 is 10.6 Å². The molecule has 3 rings (SSSR count). The van der Waals surface area contributed by atoms with Gasteiger partial charge in [0.05, 0.1) is 5.75 Å². The van der Waals surface area contributed by atoms with Crippen LogP contribution < -0.4 is 15.4 Å². The van der Waals surface area contributed by atoms with Crippen molar-refractivity contribution in [2.24, 2.45) is 10.9 Å². The van der Waals surface area contributed by atoms with Crippen LogP contribution in [0.4, 0.5) is 0 Å². The van der Waals surface area contributed by atoms with Gasteiger partial charge in [0.1, 0.15) is 0 Å². The summed E-state index contributed by atoms with van der Waals surface area (Å²) in [5.74, 6) is 1.27. The summed E-state index contributed by atoms with van der Waals surface area (Å²) in [4.78, 5) is 6.79. The van der Waals surface area contributed by atoms with Crippen molar-refractivity contribution in [3.05, 3.63) is 35.9 Å². The summed E-state index contributed by atoms with van der Waals surface area (Å²) in [5, 5.41) is 6.63. The minimum absolute atomic E-state index is 0.0618. The molecule has 1 aromatic carbocycles. The highest BCUT2D eigenvalue weighted by Crippen LogP contribution is 2.25. The number of piperidine rings is 1. The number of aliphatic imine (C=N–C) groups is 1. The van der Waals surface area contributed by atoms with Gasteiger partial charge in [-0.3, -0.25) is 9.89 Å². The summed E-state index contributed by atoms with van der Waals surface area (Å²) in [6.45, 7) is 5.21. The van der Waals surface area contributed by atoms with Gasteiger partial charge in [0.15, 0.2) is 5.96 Å². The Morgan fingerprint density at radius 2 is 1.97 bits per heavy atom. The van der Waals surface area contributed by atoms with E-state index in [0.29, 0.717) is 37.1 Å². The maximum atomic E-state index is 12.1. The first kappa shape index (κ1) is 23.0. The molecule has 30 heavy (non-hydrogen) atoms. The van der Waals surface area contributed by atoms with Crippen molar-refractivity contribution in [2.75, 3.05) is 32.4 Å². The molecule has 3 N–H and O–H groups in total. The molecule has 1 aromatic rings. The van der Waals surface area contributed by atoms with E-state index in [1.54, 1.807) is 7.05 Å². The molecule has 2 aliphatic rings. The molecule has 1 aliphatic heterocycles. The lowest BCUT2D eigenvalue weighted by atomic mass is 9.86. The number of guanidine groups is 1. The summed E-state index contributed by atoms with van der Waals surface area (Å²) < 4.78 is 27.0. The normalized spacial score (nSPS) is 23.7. The van der Waals surface area contributed by atoms with Crippen molar-refractivity contribution >= 4 is 16.0 Å². The largest absolute Gasteiger partial charge is 0.355 e. The first-order valence-corrected chi connectivity index (χ1v) is 12.8. The molecule has 0 spiro atoms. The Balaban J connectivity index is 1.37. The third-order valence-electron chi connectivity index (χ3n) is 6.29. The second-order valence-electron chi connectivity index (χ2n) is 8.63. The minimum atomic E-state index is -3.24. The van der Waals surface area contributed by atoms with E-state index in [1.807, 2.05) is 0 Å². The molecular weight excluding hydrogens is 398 g/mol. The highest BCUT2D eigenvalue weighted by molar-refractivity contribution is 7.89. The zero-order chi connectivity index (χ0) is 21.4. The summed E-state index contributed by atoms with van der Waals surface area (Å²) in [6, 6.07) is 11.4. The summed E-state index contributed by atoms with van der Waals surface area (Å²) in [7, 11) is -1.51. The zero-order valence-electron chi connectivity index (χ0n) is 18.3. The molecule has 0 radical (unpaired) electrons. The highest BCUT2D eigenvalue weighted by atomic mass is 32.2. The van der Waals surface area contributed by atoms with Gasteiger partial charge in [-0.25, -0.2) is 13.1 Å². The lowest BCUT2D eigenvalue weighted by Crippen LogP contribution is -2.51. The Bertz CT molecular complexity index is 780. The van der Waals surface area contributed by atoms with E-state index >= 15 is 0 Å². The first-order valence-electron chi connectivity index (χ1n) is 11.2. The van der Waals surface area contributed by atoms with Gasteiger partial charge in [0, 0.05) is 45.3 Å². The summed E-state index contributed by atoms with van der Waals surface area (Å²) >= 11 is 0. The fourth-order valence-electron chi connectivity index (χ4n) is 4.11. The van der Waals surface area contributed by atoms with Gasteiger partial charge in [-0.1, -0.05) is 36.8 Å². The van der Waals surface area contributed by atoms with Crippen LogP contribution in [0.15, 0.2) is 35.3 Å². The van der Waals surface area contributed by atoms with Gasteiger partial charge >= 0.3 is 0 Å². The van der Waals surface area contributed by atoms with Crippen molar-refractivity contribution < 1.29 is 8.42 Å². The van der Waals surface area contributed by atoms with Crippen molar-refractivity contribution in [3.8, 4) is 0 Å². The van der Waals surface area contributed by atoms with Crippen LogP contribution >= 0.6 is 0 Å². The predicted octanol–water partition coefficient (Wildman–Crippen LogP) is 1.92. The van der Waals surface area contributed by atoms with E-state index in [4.69, 9.17) is 0 Å². The molecular formula is C22H37N5O2S. The molecule has 1 saturated heterocycles. The third-order valence-corrected chi connectivity index (χ3v) is 7.63. The third kappa shape index (κ3) is 7.25. The van der Waals surface area contributed by atoms with Gasteiger partial charge in [0.2, 0.25) is 10.0 Å². The van der Waals surface area contributed by atoms with E-state index in [2.05, 4.69) is 62.5 Å². The number of hydrogen-bond donors (Lipinski definition) is 3. The number of benzene rings is 1. The molecule has 0 aromatic heterocycles. The monoisotopic (exact) mass is 435 g/mol. The van der Waals surface area contributed by atoms with E-state index in [0.717, 1.165) is 38.8 Å². The van der Waals surface area contributed by atoms with Crippen LogP contribution in [-0.4, -0.2) is 63.8 Å². The Hall–Kier alpha value is -1.64. The van der Waals surface area contributed by atoms with Crippen molar-refractivity contribution in [3.63, 3.8) is 0 Å². The van der Waals surface area contributed by atoms with Crippen LogP contribution in [0.3, 0.4) is 0 Å². The maximum Gasteiger partial charge on any atom is 0.213 e. The van der Waals surface area contributed by atoms with Gasteiger partial charge in [-0.2, -0.15) is 0 Å². The van der Waals surface area contributed by atoms with Crippen LogP contribution in [0.1, 0.15) is 44.6 Å². The Morgan fingerprint density at radius 3 is 2.60 bits per heavy atom. The molecule has 168 valence electrons. The highest BCUT2D eigenvalue weighted by Gasteiger charge is 2.26. The average molecular weight is 436 g/mol. The molecule has 2 atom stereocenters. The standard InChI is InChI=1S/C22H37N5O2S/c1-18-15-21(11-13-27(18)17-20-7-4-3-5-8-20)26-22(23-2)24-12-14-30(28,29)25-16-19-9-6-10-19/h3-5,7-8,18-19,21,25H,6,9-17H2,1-2H3,(H2,23,24,26). The molecule has 0 amide bonds. The fraction of sp³-hybridized carbons (Fsp3) is 0.682. The fourth-order valence-corrected chi connectivity index (χ4v) is 5.12. The van der Waals surface area contributed by atoms with E-state index < -0.39 is 10.0 Å². The lowest BCUT2D eigenvalue weighted by Gasteiger charge is -2.38. The van der Waals surface area contributed by atoms with Gasteiger partial charge in [0.25, 0.3) is 0 Å². The number of sulfonamides is 1. The van der Waals surface area contributed by atoms with Gasteiger partial charge in [-0.05, 0) is 44.1 Å².